The topological polar surface area (TPSA) is 81.2 Å². The van der Waals surface area contributed by atoms with E-state index in [4.69, 9.17) is 0 Å². The summed E-state index contributed by atoms with van der Waals surface area (Å²) >= 11 is 0. The lowest BCUT2D eigenvalue weighted by Crippen LogP contribution is -2.62. The van der Waals surface area contributed by atoms with Gasteiger partial charge in [-0.3, -0.25) is 14.5 Å². The van der Waals surface area contributed by atoms with Crippen LogP contribution >= 0.6 is 0 Å². The van der Waals surface area contributed by atoms with Gasteiger partial charge in [0.15, 0.2) is 0 Å². The van der Waals surface area contributed by atoms with Crippen molar-refractivity contribution in [3.63, 3.8) is 0 Å². The van der Waals surface area contributed by atoms with Gasteiger partial charge in [0.05, 0.1) is 6.26 Å². The molecular formula is C16H30N4O4S. The Hall–Kier alpha value is -1.19. The van der Waals surface area contributed by atoms with Crippen molar-refractivity contribution < 1.29 is 18.0 Å². The molecule has 8 nitrogen and oxygen atoms in total. The smallest absolute Gasteiger partial charge is 0.224 e. The highest BCUT2D eigenvalue weighted by Gasteiger charge is 2.42. The third kappa shape index (κ3) is 4.71. The van der Waals surface area contributed by atoms with Crippen molar-refractivity contribution in [3.8, 4) is 0 Å². The van der Waals surface area contributed by atoms with Gasteiger partial charge < -0.3 is 9.80 Å². The highest BCUT2D eigenvalue weighted by atomic mass is 32.2. The van der Waals surface area contributed by atoms with E-state index in [2.05, 4.69) is 11.9 Å². The van der Waals surface area contributed by atoms with Crippen LogP contribution in [-0.2, 0) is 19.6 Å². The monoisotopic (exact) mass is 374 g/mol. The quantitative estimate of drug-likeness (QED) is 0.658. The Bertz CT molecular complexity index is 624. The Balaban J connectivity index is 2.01. The number of hydrogen-bond donors (Lipinski definition) is 0. The first kappa shape index (κ1) is 20.1. The summed E-state index contributed by atoms with van der Waals surface area (Å²) in [5, 5.41) is 0. The lowest BCUT2D eigenvalue weighted by molar-refractivity contribution is -0.137. The third-order valence-corrected chi connectivity index (χ3v) is 7.02. The zero-order valence-electron chi connectivity index (χ0n) is 15.7. The number of carbonyl (C=O) groups excluding carboxylic acids is 2. The zero-order valence-corrected chi connectivity index (χ0v) is 16.5. The Morgan fingerprint density at radius 2 is 1.88 bits per heavy atom. The maximum Gasteiger partial charge on any atom is 0.224 e. The van der Waals surface area contributed by atoms with Crippen molar-refractivity contribution >= 4 is 21.8 Å². The van der Waals surface area contributed by atoms with Crippen LogP contribution in [0.3, 0.4) is 0 Å². The summed E-state index contributed by atoms with van der Waals surface area (Å²) in [6.45, 7) is 2.90. The highest BCUT2D eigenvalue weighted by Crippen LogP contribution is 2.32. The third-order valence-electron chi connectivity index (χ3n) is 5.70. The Morgan fingerprint density at radius 1 is 1.20 bits per heavy atom. The summed E-state index contributed by atoms with van der Waals surface area (Å²) in [5.41, 5.74) is -0.170. The summed E-state index contributed by atoms with van der Waals surface area (Å²) in [6, 6.07) is 0. The molecule has 1 atom stereocenters. The molecule has 0 bridgehead atoms. The lowest BCUT2D eigenvalue weighted by atomic mass is 9.86. The van der Waals surface area contributed by atoms with Crippen LogP contribution in [0, 0.1) is 0 Å². The standard InChI is InChI=1S/C16H30N4O4S/c1-17-10-8-16(7-5-14(17)21)13-20(12-11-18(16)2)15(22)6-9-19(3)25(4,23)24/h5-13H2,1-4H3/t16-/m0/s1. The molecule has 0 N–H and O–H groups in total. The van der Waals surface area contributed by atoms with Gasteiger partial charge in [0.1, 0.15) is 0 Å². The van der Waals surface area contributed by atoms with Gasteiger partial charge in [-0.15, -0.1) is 0 Å². The van der Waals surface area contributed by atoms with Crippen LogP contribution in [0.25, 0.3) is 0 Å². The van der Waals surface area contributed by atoms with E-state index in [1.807, 2.05) is 11.9 Å². The van der Waals surface area contributed by atoms with E-state index in [0.29, 0.717) is 26.1 Å². The van der Waals surface area contributed by atoms with E-state index in [0.717, 1.165) is 25.6 Å². The summed E-state index contributed by atoms with van der Waals surface area (Å²) in [4.78, 5) is 30.5. The van der Waals surface area contributed by atoms with Gasteiger partial charge in [-0.2, -0.15) is 0 Å². The fourth-order valence-electron chi connectivity index (χ4n) is 3.55. The first-order chi connectivity index (χ1) is 11.5. The average Bonchev–Trinajstić information content (AvgIpc) is 2.68. The van der Waals surface area contributed by atoms with Crippen molar-refractivity contribution in [1.29, 1.82) is 0 Å². The van der Waals surface area contributed by atoms with Crippen LogP contribution in [0.15, 0.2) is 0 Å². The number of carbonyl (C=O) groups is 2. The largest absolute Gasteiger partial charge is 0.346 e. The molecule has 2 rings (SSSR count). The van der Waals surface area contributed by atoms with Gasteiger partial charge in [-0.1, -0.05) is 0 Å². The normalized spacial score (nSPS) is 26.4. The van der Waals surface area contributed by atoms with E-state index in [1.165, 1.54) is 11.4 Å². The maximum absolute atomic E-state index is 12.6. The van der Waals surface area contributed by atoms with E-state index >= 15 is 0 Å². The molecule has 2 saturated heterocycles. The van der Waals surface area contributed by atoms with Crippen LogP contribution in [0.4, 0.5) is 0 Å². The molecule has 0 aromatic rings. The second-order valence-corrected chi connectivity index (χ2v) is 9.45. The summed E-state index contributed by atoms with van der Waals surface area (Å²) in [6.07, 6.45) is 3.42. The number of likely N-dealkylation sites (tertiary alicyclic amines) is 1. The van der Waals surface area contributed by atoms with Crippen LogP contribution in [0.2, 0.25) is 0 Å². The lowest BCUT2D eigenvalue weighted by Gasteiger charge is -2.49. The maximum atomic E-state index is 12.6. The molecule has 1 spiro atoms. The molecule has 2 aliphatic rings. The van der Waals surface area contributed by atoms with Gasteiger partial charge in [0, 0.05) is 65.2 Å². The minimum Gasteiger partial charge on any atom is -0.346 e. The molecule has 2 heterocycles. The molecule has 0 aromatic heterocycles. The molecule has 2 aliphatic heterocycles. The first-order valence-electron chi connectivity index (χ1n) is 8.69. The molecule has 0 aliphatic carbocycles. The van der Waals surface area contributed by atoms with Crippen molar-refractivity contribution in [1.82, 2.24) is 19.0 Å². The molecule has 0 saturated carbocycles. The minimum absolute atomic E-state index is 0.0214. The molecule has 2 amide bonds. The van der Waals surface area contributed by atoms with Gasteiger partial charge in [-0.05, 0) is 19.9 Å². The number of sulfonamides is 1. The van der Waals surface area contributed by atoms with Crippen molar-refractivity contribution in [3.05, 3.63) is 0 Å². The summed E-state index contributed by atoms with van der Waals surface area (Å²) in [5.74, 6) is 0.135. The average molecular weight is 375 g/mol. The van der Waals surface area contributed by atoms with E-state index in [9.17, 15) is 18.0 Å². The number of amides is 2. The van der Waals surface area contributed by atoms with Crippen molar-refractivity contribution in [2.75, 3.05) is 60.1 Å². The molecule has 0 aromatic carbocycles. The number of hydrogen-bond acceptors (Lipinski definition) is 5. The summed E-state index contributed by atoms with van der Waals surface area (Å²) < 4.78 is 24.1. The van der Waals surface area contributed by atoms with Crippen LogP contribution in [0.1, 0.15) is 25.7 Å². The second-order valence-electron chi connectivity index (χ2n) is 7.36. The molecule has 144 valence electrons. The molecule has 0 unspecified atom stereocenters. The number of piperazine rings is 1. The molecule has 9 heteroatoms. The fourth-order valence-corrected chi connectivity index (χ4v) is 3.97. The van der Waals surface area contributed by atoms with Crippen LogP contribution < -0.4 is 0 Å². The van der Waals surface area contributed by atoms with Gasteiger partial charge >= 0.3 is 0 Å². The Morgan fingerprint density at radius 3 is 2.52 bits per heavy atom. The number of likely N-dealkylation sites (N-methyl/N-ethyl adjacent to an activating group) is 1. The van der Waals surface area contributed by atoms with Crippen molar-refractivity contribution in [2.24, 2.45) is 0 Å². The zero-order chi connectivity index (χ0) is 18.8. The van der Waals surface area contributed by atoms with Crippen molar-refractivity contribution in [2.45, 2.75) is 31.2 Å². The molecule has 2 fully saturated rings. The predicted molar refractivity (Wildman–Crippen MR) is 95.5 cm³/mol. The van der Waals surface area contributed by atoms with Gasteiger partial charge in [0.2, 0.25) is 21.8 Å². The first-order valence-corrected chi connectivity index (χ1v) is 10.5. The van der Waals surface area contributed by atoms with Gasteiger partial charge in [0.25, 0.3) is 0 Å². The summed E-state index contributed by atoms with van der Waals surface area (Å²) in [7, 11) is 2.11. The number of nitrogens with zero attached hydrogens (tertiary/aromatic N) is 4. The number of rotatable bonds is 4. The molecule has 0 radical (unpaired) electrons. The van der Waals surface area contributed by atoms with E-state index in [-0.39, 0.29) is 30.3 Å². The minimum atomic E-state index is -3.27. The fraction of sp³-hybridized carbons (Fsp3) is 0.875. The predicted octanol–water partition coefficient (Wildman–Crippen LogP) is -0.577. The van der Waals surface area contributed by atoms with E-state index in [1.54, 1.807) is 4.90 Å². The van der Waals surface area contributed by atoms with Crippen LogP contribution in [0.5, 0.6) is 0 Å². The Labute approximate surface area is 150 Å². The van der Waals surface area contributed by atoms with E-state index < -0.39 is 10.0 Å². The van der Waals surface area contributed by atoms with Gasteiger partial charge in [-0.25, -0.2) is 12.7 Å². The Kier molecular flexibility index (Phi) is 6.11. The molecule has 25 heavy (non-hydrogen) atoms. The highest BCUT2D eigenvalue weighted by molar-refractivity contribution is 7.88. The SMILES string of the molecule is CN1CC[C@@]2(CCC1=O)CN(C(=O)CCN(C)S(C)(=O)=O)CCN2C. The second kappa shape index (κ2) is 7.59. The van der Waals surface area contributed by atoms with Crippen LogP contribution in [-0.4, -0.2) is 105 Å². The molecular weight excluding hydrogens is 344 g/mol.